The Balaban J connectivity index is 1.05. The Labute approximate surface area is 318 Å². The summed E-state index contributed by atoms with van der Waals surface area (Å²) in [5, 5.41) is 7.01. The number of fused-ring (bicyclic) bond motifs is 8. The second kappa shape index (κ2) is 12.6. The Kier molecular flexibility index (Phi) is 7.17. The lowest BCUT2D eigenvalue weighted by Gasteiger charge is -2.28. The van der Waals surface area contributed by atoms with Gasteiger partial charge >= 0.3 is 0 Å². The average Bonchev–Trinajstić information content (AvgIpc) is 3.81. The van der Waals surface area contributed by atoms with Crippen LogP contribution in [0.5, 0.6) is 0 Å². The molecule has 0 atom stereocenters. The minimum Gasteiger partial charge on any atom is -0.455 e. The number of hydrogen-bond donors (Lipinski definition) is 0. The molecule has 55 heavy (non-hydrogen) atoms. The molecule has 0 unspecified atom stereocenters. The summed E-state index contributed by atoms with van der Waals surface area (Å²) in [5.41, 5.74) is 13.4. The van der Waals surface area contributed by atoms with Gasteiger partial charge in [-0.2, -0.15) is 0 Å². The van der Waals surface area contributed by atoms with E-state index in [4.69, 9.17) is 4.42 Å². The second-order valence-corrected chi connectivity index (χ2v) is 14.1. The lowest BCUT2D eigenvalue weighted by Crippen LogP contribution is -2.11. The van der Waals surface area contributed by atoms with E-state index >= 15 is 0 Å². The van der Waals surface area contributed by atoms with E-state index in [9.17, 15) is 0 Å². The van der Waals surface area contributed by atoms with Gasteiger partial charge in [-0.05, 0) is 101 Å². The van der Waals surface area contributed by atoms with Crippen LogP contribution in [0, 0.1) is 0 Å². The highest BCUT2D eigenvalue weighted by atomic mass is 16.3. The van der Waals surface area contributed by atoms with Crippen LogP contribution in [-0.4, -0.2) is 4.57 Å². The maximum absolute atomic E-state index is 6.43. The van der Waals surface area contributed by atoms with Crippen molar-refractivity contribution in [1.82, 2.24) is 4.57 Å². The monoisotopic (exact) mass is 702 g/mol. The van der Waals surface area contributed by atoms with Crippen LogP contribution in [0.1, 0.15) is 0 Å². The highest BCUT2D eigenvalue weighted by Gasteiger charge is 2.19. The molecule has 0 saturated carbocycles. The maximum Gasteiger partial charge on any atom is 0.143 e. The van der Waals surface area contributed by atoms with Crippen LogP contribution in [0.4, 0.5) is 17.1 Å². The van der Waals surface area contributed by atoms with Crippen molar-refractivity contribution in [3.8, 4) is 27.9 Å². The minimum atomic E-state index is 0.911. The third-order valence-corrected chi connectivity index (χ3v) is 11.0. The fraction of sp³-hybridized carbons (Fsp3) is 0. The molecule has 0 fully saturated rings. The Morgan fingerprint density at radius 3 is 1.89 bits per heavy atom. The van der Waals surface area contributed by atoms with Gasteiger partial charge in [-0.1, -0.05) is 127 Å². The van der Waals surface area contributed by atoms with Crippen LogP contribution in [0.3, 0.4) is 0 Å². The largest absolute Gasteiger partial charge is 0.455 e. The third kappa shape index (κ3) is 5.13. The normalized spacial score (nSPS) is 11.6. The number of anilines is 3. The van der Waals surface area contributed by atoms with Gasteiger partial charge in [0.15, 0.2) is 0 Å². The van der Waals surface area contributed by atoms with Crippen molar-refractivity contribution in [3.63, 3.8) is 0 Å². The Hall–Kier alpha value is -7.36. The molecule has 11 aromatic rings. The molecule has 0 aliphatic carbocycles. The number of furan rings is 1. The molecule has 3 nitrogen and oxygen atoms in total. The fourth-order valence-corrected chi connectivity index (χ4v) is 8.41. The van der Waals surface area contributed by atoms with Crippen LogP contribution in [-0.2, 0) is 0 Å². The molecule has 0 aliphatic rings. The number of para-hydroxylation sites is 4. The lowest BCUT2D eigenvalue weighted by atomic mass is 9.99. The van der Waals surface area contributed by atoms with Gasteiger partial charge in [0.05, 0.1) is 16.7 Å². The summed E-state index contributed by atoms with van der Waals surface area (Å²) in [5.74, 6) is 0. The van der Waals surface area contributed by atoms with Crippen LogP contribution in [0.15, 0.2) is 211 Å². The molecule has 0 spiro atoms. The summed E-state index contributed by atoms with van der Waals surface area (Å²) >= 11 is 0. The molecule has 2 heterocycles. The molecular formula is C52H34N2O. The van der Waals surface area contributed by atoms with Gasteiger partial charge in [0.1, 0.15) is 11.2 Å². The van der Waals surface area contributed by atoms with Crippen molar-refractivity contribution in [1.29, 1.82) is 0 Å². The topological polar surface area (TPSA) is 21.3 Å². The molecular weight excluding hydrogens is 669 g/mol. The van der Waals surface area contributed by atoms with E-state index in [0.717, 1.165) is 55.5 Å². The molecule has 258 valence electrons. The smallest absolute Gasteiger partial charge is 0.143 e. The molecule has 3 heteroatoms. The van der Waals surface area contributed by atoms with Gasteiger partial charge in [0.25, 0.3) is 0 Å². The average molecular weight is 703 g/mol. The molecule has 0 amide bonds. The molecule has 0 radical (unpaired) electrons. The predicted octanol–water partition coefficient (Wildman–Crippen LogP) is 14.6. The number of rotatable bonds is 6. The van der Waals surface area contributed by atoms with Crippen LogP contribution in [0.2, 0.25) is 0 Å². The van der Waals surface area contributed by atoms with Crippen molar-refractivity contribution in [2.24, 2.45) is 0 Å². The second-order valence-electron chi connectivity index (χ2n) is 14.1. The van der Waals surface area contributed by atoms with E-state index in [1.165, 1.54) is 44.1 Å². The van der Waals surface area contributed by atoms with Crippen LogP contribution in [0.25, 0.3) is 82.5 Å². The molecule has 11 rings (SSSR count). The van der Waals surface area contributed by atoms with E-state index in [-0.39, 0.29) is 0 Å². The summed E-state index contributed by atoms with van der Waals surface area (Å²) in [6.07, 6.45) is 0. The summed E-state index contributed by atoms with van der Waals surface area (Å²) in [6, 6.07) is 73.9. The Bertz CT molecular complexity index is 3190. The summed E-state index contributed by atoms with van der Waals surface area (Å²) in [4.78, 5) is 2.38. The quantitative estimate of drug-likeness (QED) is 0.172. The van der Waals surface area contributed by atoms with Gasteiger partial charge in [0.2, 0.25) is 0 Å². The van der Waals surface area contributed by atoms with Crippen molar-refractivity contribution < 1.29 is 4.42 Å². The number of aromatic nitrogens is 1. The van der Waals surface area contributed by atoms with Crippen molar-refractivity contribution >= 4 is 71.6 Å². The van der Waals surface area contributed by atoms with E-state index in [2.05, 4.69) is 204 Å². The van der Waals surface area contributed by atoms with E-state index in [0.29, 0.717) is 0 Å². The number of nitrogens with zero attached hydrogens (tertiary/aromatic N) is 2. The van der Waals surface area contributed by atoms with E-state index in [1.807, 2.05) is 12.1 Å². The Morgan fingerprint density at radius 2 is 1.04 bits per heavy atom. The SMILES string of the molecule is c1ccc(-c2ccccc2N(c2ccc(-c3ccc4c(c3)c3ccccc3n4-c3ccccc3)cc2)c2ccc3c(ccc4c5ccccc5oc34)c2)cc1. The van der Waals surface area contributed by atoms with Gasteiger partial charge in [-0.3, -0.25) is 0 Å². The maximum atomic E-state index is 6.43. The first-order valence-electron chi connectivity index (χ1n) is 18.8. The Morgan fingerprint density at radius 1 is 0.382 bits per heavy atom. The van der Waals surface area contributed by atoms with Gasteiger partial charge < -0.3 is 13.9 Å². The first kappa shape index (κ1) is 31.2. The van der Waals surface area contributed by atoms with Gasteiger partial charge in [-0.15, -0.1) is 0 Å². The van der Waals surface area contributed by atoms with Crippen molar-refractivity contribution in [2.45, 2.75) is 0 Å². The zero-order valence-electron chi connectivity index (χ0n) is 29.9. The van der Waals surface area contributed by atoms with Crippen molar-refractivity contribution in [3.05, 3.63) is 206 Å². The predicted molar refractivity (Wildman–Crippen MR) is 231 cm³/mol. The third-order valence-electron chi connectivity index (χ3n) is 11.0. The summed E-state index contributed by atoms with van der Waals surface area (Å²) < 4.78 is 8.79. The highest BCUT2D eigenvalue weighted by molar-refractivity contribution is 6.15. The van der Waals surface area contributed by atoms with Gasteiger partial charge in [-0.25, -0.2) is 0 Å². The van der Waals surface area contributed by atoms with Gasteiger partial charge in [0, 0.05) is 49.6 Å². The molecule has 0 saturated heterocycles. The molecule has 0 N–H and O–H groups in total. The van der Waals surface area contributed by atoms with E-state index in [1.54, 1.807) is 0 Å². The molecule has 0 bridgehead atoms. The molecule has 0 aliphatic heterocycles. The minimum absolute atomic E-state index is 0.911. The fourth-order valence-electron chi connectivity index (χ4n) is 8.41. The van der Waals surface area contributed by atoms with Crippen LogP contribution < -0.4 is 4.90 Å². The first-order valence-corrected chi connectivity index (χ1v) is 18.8. The number of hydrogen-bond acceptors (Lipinski definition) is 2. The highest BCUT2D eigenvalue weighted by Crippen LogP contribution is 2.44. The number of benzene rings is 9. The zero-order valence-corrected chi connectivity index (χ0v) is 29.9. The van der Waals surface area contributed by atoms with Crippen LogP contribution >= 0.6 is 0 Å². The standard InChI is InChI=1S/C52H34N2O/c1-3-13-36(14-4-1)42-17-7-10-20-48(42)53(41-29-31-43-38(33-41)25-30-46-45-19-9-12-22-51(45)55-52(43)46)40-27-23-35(24-28-40)37-26-32-50-47(34-37)44-18-8-11-21-49(44)54(50)39-15-5-2-6-16-39/h1-34H. The summed E-state index contributed by atoms with van der Waals surface area (Å²) in [6.45, 7) is 0. The van der Waals surface area contributed by atoms with E-state index < -0.39 is 0 Å². The summed E-state index contributed by atoms with van der Waals surface area (Å²) in [7, 11) is 0. The molecule has 9 aromatic carbocycles. The van der Waals surface area contributed by atoms with Crippen molar-refractivity contribution in [2.75, 3.05) is 4.90 Å². The first-order chi connectivity index (χ1) is 27.3. The molecule has 2 aromatic heterocycles. The zero-order chi connectivity index (χ0) is 36.3. The lowest BCUT2D eigenvalue weighted by molar-refractivity contribution is 0.672.